The Hall–Kier alpha value is -3.23. The Kier molecular flexibility index (Phi) is 6.34. The zero-order valence-electron chi connectivity index (χ0n) is 19.6. The van der Waals surface area contributed by atoms with Gasteiger partial charge >= 0.3 is 0 Å². The summed E-state index contributed by atoms with van der Waals surface area (Å²) < 4.78 is 7.35. The van der Waals surface area contributed by atoms with Crippen LogP contribution in [0.3, 0.4) is 0 Å². The van der Waals surface area contributed by atoms with Crippen LogP contribution in [0.25, 0.3) is 28.1 Å². The fraction of sp³-hybridized carbons (Fsp3) is 0.308. The Labute approximate surface area is 203 Å². The van der Waals surface area contributed by atoms with E-state index in [0.717, 1.165) is 27.1 Å². The maximum atomic E-state index is 13.1. The molecule has 0 aliphatic carbocycles. The van der Waals surface area contributed by atoms with E-state index in [4.69, 9.17) is 4.74 Å². The number of fused-ring (bicyclic) bond motifs is 1. The van der Waals surface area contributed by atoms with E-state index >= 15 is 0 Å². The summed E-state index contributed by atoms with van der Waals surface area (Å²) in [6.45, 7) is 6.72. The van der Waals surface area contributed by atoms with Gasteiger partial charge in [-0.2, -0.15) is 0 Å². The third-order valence-electron chi connectivity index (χ3n) is 6.13. The third kappa shape index (κ3) is 4.31. The normalized spacial score (nSPS) is 14.2. The molecular formula is C26H27N5O2S. The molecule has 0 spiro atoms. The Balaban J connectivity index is 1.51. The highest BCUT2D eigenvalue weighted by Crippen LogP contribution is 2.31. The van der Waals surface area contributed by atoms with Gasteiger partial charge in [0.2, 0.25) is 5.95 Å². The number of rotatable bonds is 5. The van der Waals surface area contributed by atoms with E-state index in [1.807, 2.05) is 64.8 Å². The second-order valence-electron chi connectivity index (χ2n) is 8.60. The molecule has 1 fully saturated rings. The number of morpholine rings is 1. The monoisotopic (exact) mass is 473 g/mol. The summed E-state index contributed by atoms with van der Waals surface area (Å²) in [5.74, 6) is 1.01. The van der Waals surface area contributed by atoms with Crippen molar-refractivity contribution in [3.8, 4) is 17.2 Å². The maximum Gasteiger partial charge on any atom is 0.254 e. The highest BCUT2D eigenvalue weighted by atomic mass is 32.2. The average Bonchev–Trinajstić information content (AvgIpc) is 3.27. The van der Waals surface area contributed by atoms with Crippen molar-refractivity contribution >= 4 is 28.6 Å². The van der Waals surface area contributed by atoms with Crippen LogP contribution in [-0.4, -0.2) is 62.9 Å². The first-order valence-corrected chi connectivity index (χ1v) is 12.6. The first-order chi connectivity index (χ1) is 16.5. The highest BCUT2D eigenvalue weighted by molar-refractivity contribution is 7.98. The van der Waals surface area contributed by atoms with E-state index in [1.165, 1.54) is 5.56 Å². The topological polar surface area (TPSA) is 73.1 Å². The molecule has 0 atom stereocenters. The Bertz CT molecular complexity index is 1330. The minimum Gasteiger partial charge on any atom is -0.378 e. The molecule has 3 aromatic heterocycles. The molecule has 1 aromatic carbocycles. The Morgan fingerprint density at radius 1 is 1.06 bits per heavy atom. The fourth-order valence-corrected chi connectivity index (χ4v) is 4.75. The standard InChI is InChI=1S/C26H27N5O2S/c1-17(2)18-6-7-27-22(12-18)20-14-28-26(29-15-20)31-16-24(34-3)21-5-4-19(13-23(21)31)25(32)30-8-10-33-11-9-30/h4-7,12-17H,8-11H2,1-3H3. The van der Waals surface area contributed by atoms with Crippen LogP contribution in [0, 0.1) is 0 Å². The molecule has 1 amide bonds. The van der Waals surface area contributed by atoms with Crippen molar-refractivity contribution in [3.05, 3.63) is 66.2 Å². The van der Waals surface area contributed by atoms with Crippen molar-refractivity contribution in [2.45, 2.75) is 24.7 Å². The van der Waals surface area contributed by atoms with Crippen molar-refractivity contribution < 1.29 is 9.53 Å². The van der Waals surface area contributed by atoms with Gasteiger partial charge in [0, 0.05) is 59.3 Å². The number of benzene rings is 1. The van der Waals surface area contributed by atoms with E-state index < -0.39 is 0 Å². The molecule has 0 N–H and O–H groups in total. The number of hydrogen-bond acceptors (Lipinski definition) is 6. The van der Waals surface area contributed by atoms with Crippen LogP contribution >= 0.6 is 11.8 Å². The second kappa shape index (κ2) is 9.56. The second-order valence-corrected chi connectivity index (χ2v) is 9.45. The Morgan fingerprint density at radius 2 is 1.82 bits per heavy atom. The molecule has 1 aliphatic rings. The summed E-state index contributed by atoms with van der Waals surface area (Å²) in [7, 11) is 0. The number of ether oxygens (including phenoxy) is 1. The van der Waals surface area contributed by atoms with Gasteiger partial charge in [0.05, 0.1) is 24.4 Å². The summed E-state index contributed by atoms with van der Waals surface area (Å²) in [5, 5.41) is 1.07. The quantitative estimate of drug-likeness (QED) is 0.388. The summed E-state index contributed by atoms with van der Waals surface area (Å²) >= 11 is 1.66. The van der Waals surface area contributed by atoms with Crippen LogP contribution < -0.4 is 0 Å². The first kappa shape index (κ1) is 22.6. The lowest BCUT2D eigenvalue weighted by Crippen LogP contribution is -2.40. The molecule has 4 heterocycles. The average molecular weight is 474 g/mol. The molecule has 0 unspecified atom stereocenters. The van der Waals surface area contributed by atoms with Crippen LogP contribution in [-0.2, 0) is 4.74 Å². The van der Waals surface area contributed by atoms with E-state index in [2.05, 4.69) is 34.9 Å². The molecule has 34 heavy (non-hydrogen) atoms. The van der Waals surface area contributed by atoms with Crippen LogP contribution in [0.2, 0.25) is 0 Å². The highest BCUT2D eigenvalue weighted by Gasteiger charge is 2.20. The van der Waals surface area contributed by atoms with Crippen molar-refractivity contribution in [2.75, 3.05) is 32.6 Å². The fourth-order valence-electron chi connectivity index (χ4n) is 4.15. The maximum absolute atomic E-state index is 13.1. The molecule has 0 saturated carbocycles. The van der Waals surface area contributed by atoms with Gasteiger partial charge in [-0.25, -0.2) is 9.97 Å². The third-order valence-corrected chi connectivity index (χ3v) is 6.90. The molecule has 4 aromatic rings. The van der Waals surface area contributed by atoms with Gasteiger partial charge in [0.1, 0.15) is 0 Å². The number of carbonyl (C=O) groups excluding carboxylic acids is 1. The van der Waals surface area contributed by atoms with Crippen LogP contribution in [0.15, 0.2) is 60.0 Å². The summed E-state index contributed by atoms with van der Waals surface area (Å²) in [5.41, 5.74) is 4.53. The van der Waals surface area contributed by atoms with Crippen molar-refractivity contribution in [2.24, 2.45) is 0 Å². The molecule has 0 bridgehead atoms. The van der Waals surface area contributed by atoms with Gasteiger partial charge in [-0.1, -0.05) is 19.9 Å². The van der Waals surface area contributed by atoms with Gasteiger partial charge in [-0.15, -0.1) is 11.8 Å². The zero-order chi connectivity index (χ0) is 23.7. The number of nitrogens with zero attached hydrogens (tertiary/aromatic N) is 5. The molecule has 174 valence electrons. The minimum atomic E-state index is 0.0241. The molecule has 0 radical (unpaired) electrons. The number of amides is 1. The smallest absolute Gasteiger partial charge is 0.254 e. The zero-order valence-corrected chi connectivity index (χ0v) is 20.4. The molecule has 1 aliphatic heterocycles. The van der Waals surface area contributed by atoms with Crippen LogP contribution in [0.1, 0.15) is 35.7 Å². The summed E-state index contributed by atoms with van der Waals surface area (Å²) in [6, 6.07) is 9.99. The van der Waals surface area contributed by atoms with Crippen molar-refractivity contribution in [1.82, 2.24) is 24.4 Å². The number of carbonyl (C=O) groups is 1. The number of pyridine rings is 1. The number of thioether (sulfide) groups is 1. The van der Waals surface area contributed by atoms with Gasteiger partial charge in [0.15, 0.2) is 0 Å². The molecule has 8 heteroatoms. The van der Waals surface area contributed by atoms with E-state index in [1.54, 1.807) is 11.8 Å². The minimum absolute atomic E-state index is 0.0241. The number of hydrogen-bond donors (Lipinski definition) is 0. The van der Waals surface area contributed by atoms with E-state index in [-0.39, 0.29) is 5.91 Å². The van der Waals surface area contributed by atoms with E-state index in [0.29, 0.717) is 43.7 Å². The largest absolute Gasteiger partial charge is 0.378 e. The van der Waals surface area contributed by atoms with E-state index in [9.17, 15) is 4.79 Å². The van der Waals surface area contributed by atoms with Gasteiger partial charge in [-0.3, -0.25) is 14.3 Å². The lowest BCUT2D eigenvalue weighted by Gasteiger charge is -2.26. The summed E-state index contributed by atoms with van der Waals surface area (Å²) in [6.07, 6.45) is 9.52. The Morgan fingerprint density at radius 3 is 2.53 bits per heavy atom. The summed E-state index contributed by atoms with van der Waals surface area (Å²) in [4.78, 5) is 29.8. The number of aromatic nitrogens is 4. The van der Waals surface area contributed by atoms with Crippen molar-refractivity contribution in [3.63, 3.8) is 0 Å². The molecule has 7 nitrogen and oxygen atoms in total. The van der Waals surface area contributed by atoms with Gasteiger partial charge in [0.25, 0.3) is 5.91 Å². The predicted molar refractivity (Wildman–Crippen MR) is 135 cm³/mol. The van der Waals surface area contributed by atoms with Crippen LogP contribution in [0.5, 0.6) is 0 Å². The van der Waals surface area contributed by atoms with Crippen molar-refractivity contribution in [1.29, 1.82) is 0 Å². The first-order valence-electron chi connectivity index (χ1n) is 11.4. The predicted octanol–water partition coefficient (Wildman–Crippen LogP) is 4.80. The van der Waals surface area contributed by atoms with Gasteiger partial charge in [-0.05, 0) is 42.0 Å². The molecule has 5 rings (SSSR count). The van der Waals surface area contributed by atoms with Crippen LogP contribution in [0.4, 0.5) is 0 Å². The lowest BCUT2D eigenvalue weighted by atomic mass is 10.0. The van der Waals surface area contributed by atoms with Gasteiger partial charge < -0.3 is 9.64 Å². The SMILES string of the molecule is CSc1cn(-c2ncc(-c3cc(C(C)C)ccn3)cn2)c2cc(C(=O)N3CCOCC3)ccc12. The lowest BCUT2D eigenvalue weighted by molar-refractivity contribution is 0.0303. The molecule has 1 saturated heterocycles. The molecular weight excluding hydrogens is 446 g/mol.